The average molecular weight is 338 g/mol. The minimum atomic E-state index is -0.393. The molecule has 0 spiro atoms. The van der Waals surface area contributed by atoms with E-state index in [0.717, 1.165) is 5.69 Å². The van der Waals surface area contributed by atoms with Crippen LogP contribution in [-0.4, -0.2) is 20.9 Å². The number of anilines is 1. The second kappa shape index (κ2) is 6.52. The van der Waals surface area contributed by atoms with Crippen molar-refractivity contribution in [3.8, 4) is 11.8 Å². The van der Waals surface area contributed by atoms with Crippen molar-refractivity contribution in [3.63, 3.8) is 0 Å². The molecule has 1 heterocycles. The first-order chi connectivity index (χ1) is 11.6. The third kappa shape index (κ3) is 3.12. The molecule has 0 aliphatic carbocycles. The highest BCUT2D eigenvalue weighted by atomic mass is 35.5. The van der Waals surface area contributed by atoms with Gasteiger partial charge in [-0.05, 0) is 37.3 Å². The molecule has 1 amide bonds. The zero-order valence-corrected chi connectivity index (χ0v) is 13.4. The molecule has 1 N–H and O–H groups in total. The number of carbonyl (C=O) groups excluding carboxylic acids is 1. The van der Waals surface area contributed by atoms with Crippen LogP contribution in [0, 0.1) is 18.3 Å². The number of aryl methyl sites for hydroxylation is 1. The van der Waals surface area contributed by atoms with E-state index in [2.05, 4.69) is 15.5 Å². The Morgan fingerprint density at radius 1 is 1.21 bits per heavy atom. The normalized spacial score (nSPS) is 10.2. The molecule has 118 valence electrons. The van der Waals surface area contributed by atoms with Crippen molar-refractivity contribution >= 4 is 23.2 Å². The summed E-state index contributed by atoms with van der Waals surface area (Å²) in [4.78, 5) is 13.8. The number of halogens is 1. The standard InChI is InChI=1S/C17H12ClN5O/c1-11-16(22-23(21-11)14-5-3-2-4-6-14)17(24)20-13-8-7-12(10-19)15(18)9-13/h2-9H,1H3,(H,20,24). The van der Waals surface area contributed by atoms with Gasteiger partial charge in [0, 0.05) is 5.69 Å². The third-order valence-electron chi connectivity index (χ3n) is 3.33. The zero-order chi connectivity index (χ0) is 17.1. The minimum absolute atomic E-state index is 0.222. The number of nitrogens with zero attached hydrogens (tertiary/aromatic N) is 4. The first kappa shape index (κ1) is 15.7. The Balaban J connectivity index is 1.85. The van der Waals surface area contributed by atoms with Crippen LogP contribution in [0.1, 0.15) is 21.7 Å². The monoisotopic (exact) mass is 337 g/mol. The number of nitriles is 1. The first-order valence-electron chi connectivity index (χ1n) is 7.09. The molecule has 0 saturated carbocycles. The number of para-hydroxylation sites is 1. The lowest BCUT2D eigenvalue weighted by atomic mass is 10.2. The van der Waals surface area contributed by atoms with E-state index in [1.54, 1.807) is 19.1 Å². The van der Waals surface area contributed by atoms with Gasteiger partial charge in [-0.3, -0.25) is 4.79 Å². The summed E-state index contributed by atoms with van der Waals surface area (Å²) in [5.74, 6) is -0.393. The van der Waals surface area contributed by atoms with Crippen molar-refractivity contribution in [1.82, 2.24) is 15.0 Å². The van der Waals surface area contributed by atoms with Gasteiger partial charge in [-0.15, -0.1) is 5.10 Å². The van der Waals surface area contributed by atoms with Crippen LogP contribution < -0.4 is 5.32 Å². The molecule has 0 aliphatic rings. The smallest absolute Gasteiger partial charge is 0.278 e. The van der Waals surface area contributed by atoms with E-state index in [1.807, 2.05) is 36.4 Å². The second-order valence-electron chi connectivity index (χ2n) is 5.02. The maximum Gasteiger partial charge on any atom is 0.278 e. The summed E-state index contributed by atoms with van der Waals surface area (Å²) in [5, 5.41) is 20.4. The van der Waals surface area contributed by atoms with E-state index in [1.165, 1.54) is 10.9 Å². The van der Waals surface area contributed by atoms with Gasteiger partial charge in [0.05, 0.1) is 22.0 Å². The van der Waals surface area contributed by atoms with Gasteiger partial charge in [0.2, 0.25) is 0 Å². The minimum Gasteiger partial charge on any atom is -0.320 e. The third-order valence-corrected chi connectivity index (χ3v) is 3.64. The lowest BCUT2D eigenvalue weighted by Crippen LogP contribution is -2.14. The van der Waals surface area contributed by atoms with E-state index >= 15 is 0 Å². The molecule has 0 atom stereocenters. The van der Waals surface area contributed by atoms with Gasteiger partial charge in [-0.1, -0.05) is 29.8 Å². The maximum absolute atomic E-state index is 12.4. The summed E-state index contributed by atoms with van der Waals surface area (Å²) in [7, 11) is 0. The highest BCUT2D eigenvalue weighted by Gasteiger charge is 2.17. The molecular weight excluding hydrogens is 326 g/mol. The van der Waals surface area contributed by atoms with Gasteiger partial charge in [0.1, 0.15) is 6.07 Å². The molecule has 1 aromatic heterocycles. The van der Waals surface area contributed by atoms with E-state index in [0.29, 0.717) is 16.9 Å². The zero-order valence-electron chi connectivity index (χ0n) is 12.7. The Bertz CT molecular complexity index is 943. The van der Waals surface area contributed by atoms with Crippen LogP contribution >= 0.6 is 11.6 Å². The van der Waals surface area contributed by atoms with Crippen LogP contribution in [0.2, 0.25) is 5.02 Å². The fourth-order valence-electron chi connectivity index (χ4n) is 2.14. The number of hydrogen-bond acceptors (Lipinski definition) is 4. The predicted molar refractivity (Wildman–Crippen MR) is 90.2 cm³/mol. The quantitative estimate of drug-likeness (QED) is 0.794. The Morgan fingerprint density at radius 3 is 2.62 bits per heavy atom. The number of hydrogen-bond donors (Lipinski definition) is 1. The number of amides is 1. The van der Waals surface area contributed by atoms with E-state index < -0.39 is 5.91 Å². The average Bonchev–Trinajstić information content (AvgIpc) is 2.98. The molecule has 0 radical (unpaired) electrons. The summed E-state index contributed by atoms with van der Waals surface area (Å²) in [5.41, 5.74) is 2.33. The van der Waals surface area contributed by atoms with Crippen molar-refractivity contribution in [3.05, 3.63) is 70.5 Å². The van der Waals surface area contributed by atoms with Crippen LogP contribution in [0.4, 0.5) is 5.69 Å². The van der Waals surface area contributed by atoms with Crippen molar-refractivity contribution in [2.45, 2.75) is 6.92 Å². The molecule has 3 rings (SSSR count). The Kier molecular flexibility index (Phi) is 4.27. The van der Waals surface area contributed by atoms with Gasteiger partial charge in [0.15, 0.2) is 5.69 Å². The largest absolute Gasteiger partial charge is 0.320 e. The van der Waals surface area contributed by atoms with Crippen LogP contribution in [0.15, 0.2) is 48.5 Å². The Morgan fingerprint density at radius 2 is 1.96 bits per heavy atom. The maximum atomic E-state index is 12.4. The lowest BCUT2D eigenvalue weighted by Gasteiger charge is -2.04. The van der Waals surface area contributed by atoms with Crippen LogP contribution in [0.25, 0.3) is 5.69 Å². The SMILES string of the molecule is Cc1nn(-c2ccccc2)nc1C(=O)Nc1ccc(C#N)c(Cl)c1. The summed E-state index contributed by atoms with van der Waals surface area (Å²) in [6.45, 7) is 1.72. The van der Waals surface area contributed by atoms with Crippen molar-refractivity contribution in [2.24, 2.45) is 0 Å². The molecule has 2 aromatic carbocycles. The molecule has 3 aromatic rings. The van der Waals surface area contributed by atoms with Gasteiger partial charge >= 0.3 is 0 Å². The fraction of sp³-hybridized carbons (Fsp3) is 0.0588. The molecule has 6 nitrogen and oxygen atoms in total. The molecule has 0 unspecified atom stereocenters. The van der Waals surface area contributed by atoms with Crippen LogP contribution in [0.5, 0.6) is 0 Å². The van der Waals surface area contributed by atoms with E-state index in [9.17, 15) is 4.79 Å². The predicted octanol–water partition coefficient (Wildman–Crippen LogP) is 3.35. The highest BCUT2D eigenvalue weighted by molar-refractivity contribution is 6.32. The summed E-state index contributed by atoms with van der Waals surface area (Å²) in [6, 6.07) is 16.0. The number of benzene rings is 2. The van der Waals surface area contributed by atoms with Crippen LogP contribution in [0.3, 0.4) is 0 Å². The molecule has 7 heteroatoms. The molecule has 0 aliphatic heterocycles. The van der Waals surface area contributed by atoms with Gasteiger partial charge < -0.3 is 5.32 Å². The van der Waals surface area contributed by atoms with Gasteiger partial charge in [-0.25, -0.2) is 0 Å². The summed E-state index contributed by atoms with van der Waals surface area (Å²) < 4.78 is 0. The van der Waals surface area contributed by atoms with Gasteiger partial charge in [0.25, 0.3) is 5.91 Å². The van der Waals surface area contributed by atoms with Crippen molar-refractivity contribution in [2.75, 3.05) is 5.32 Å². The fourth-order valence-corrected chi connectivity index (χ4v) is 2.36. The number of nitrogens with one attached hydrogen (secondary N) is 1. The Labute approximate surface area is 143 Å². The molecule has 0 saturated heterocycles. The topological polar surface area (TPSA) is 83.6 Å². The van der Waals surface area contributed by atoms with Gasteiger partial charge in [-0.2, -0.15) is 15.2 Å². The number of carbonyl (C=O) groups is 1. The summed E-state index contributed by atoms with van der Waals surface area (Å²) >= 11 is 5.97. The van der Waals surface area contributed by atoms with Crippen LogP contribution in [-0.2, 0) is 0 Å². The number of rotatable bonds is 3. The lowest BCUT2D eigenvalue weighted by molar-refractivity contribution is 0.102. The van der Waals surface area contributed by atoms with Crippen molar-refractivity contribution < 1.29 is 4.79 Å². The summed E-state index contributed by atoms with van der Waals surface area (Å²) in [6.07, 6.45) is 0. The number of aromatic nitrogens is 3. The molecule has 0 bridgehead atoms. The second-order valence-corrected chi connectivity index (χ2v) is 5.43. The molecule has 24 heavy (non-hydrogen) atoms. The Hall–Kier alpha value is -3.17. The van der Waals surface area contributed by atoms with E-state index in [4.69, 9.17) is 16.9 Å². The first-order valence-corrected chi connectivity index (χ1v) is 7.46. The molecular formula is C17H12ClN5O. The highest BCUT2D eigenvalue weighted by Crippen LogP contribution is 2.21. The van der Waals surface area contributed by atoms with Crippen molar-refractivity contribution in [1.29, 1.82) is 5.26 Å². The molecule has 0 fully saturated rings. The van der Waals surface area contributed by atoms with E-state index in [-0.39, 0.29) is 10.7 Å².